The van der Waals surface area contributed by atoms with Crippen molar-refractivity contribution in [2.75, 3.05) is 44.2 Å². The summed E-state index contributed by atoms with van der Waals surface area (Å²) in [5.41, 5.74) is 1.63. The van der Waals surface area contributed by atoms with Crippen LogP contribution in [-0.4, -0.2) is 85.4 Å². The maximum Gasteiger partial charge on any atom is 0.408 e. The van der Waals surface area contributed by atoms with E-state index in [0.29, 0.717) is 51.3 Å². The van der Waals surface area contributed by atoms with Crippen LogP contribution in [0.1, 0.15) is 30.7 Å². The second kappa shape index (κ2) is 8.13. The van der Waals surface area contributed by atoms with Crippen LogP contribution < -0.4 is 10.2 Å². The number of likely N-dealkylation sites (tertiary alicyclic amines) is 2. The number of hydrogen-bond acceptors (Lipinski definition) is 4. The number of halogens is 3. The van der Waals surface area contributed by atoms with Crippen LogP contribution in [0.5, 0.6) is 0 Å². The Morgan fingerprint density at radius 3 is 2.50 bits per heavy atom. The van der Waals surface area contributed by atoms with Crippen molar-refractivity contribution in [2.24, 2.45) is 0 Å². The van der Waals surface area contributed by atoms with Crippen LogP contribution in [0.2, 0.25) is 0 Å². The van der Waals surface area contributed by atoms with Gasteiger partial charge in [0.2, 0.25) is 5.91 Å². The number of amides is 3. The second-order valence-electron chi connectivity index (χ2n) is 9.13. The first-order valence-corrected chi connectivity index (χ1v) is 11.2. The summed E-state index contributed by atoms with van der Waals surface area (Å²) in [6, 6.07) is 5.68. The minimum Gasteiger partial charge on any atom is -0.366 e. The van der Waals surface area contributed by atoms with Crippen molar-refractivity contribution >= 4 is 17.6 Å². The van der Waals surface area contributed by atoms with E-state index in [1.807, 2.05) is 12.1 Å². The molecule has 0 bridgehead atoms. The molecule has 32 heavy (non-hydrogen) atoms. The van der Waals surface area contributed by atoms with Gasteiger partial charge in [0, 0.05) is 44.3 Å². The fraction of sp³-hybridized carbons (Fsp3) is 0.636. The Kier molecular flexibility index (Phi) is 5.43. The molecule has 10 heteroatoms. The fourth-order valence-electron chi connectivity index (χ4n) is 5.27. The first-order valence-electron chi connectivity index (χ1n) is 11.2. The van der Waals surface area contributed by atoms with Crippen LogP contribution in [0.25, 0.3) is 0 Å². The zero-order valence-electron chi connectivity index (χ0n) is 17.7. The van der Waals surface area contributed by atoms with Crippen LogP contribution in [0.4, 0.5) is 23.7 Å². The van der Waals surface area contributed by atoms with E-state index in [1.165, 1.54) is 4.90 Å². The van der Waals surface area contributed by atoms with E-state index in [0.717, 1.165) is 5.56 Å². The number of alkyl halides is 3. The summed E-state index contributed by atoms with van der Waals surface area (Å²) in [4.78, 5) is 29.4. The second-order valence-corrected chi connectivity index (χ2v) is 9.13. The molecule has 4 aliphatic heterocycles. The van der Waals surface area contributed by atoms with E-state index >= 15 is 0 Å². The Labute approximate surface area is 184 Å². The van der Waals surface area contributed by atoms with Gasteiger partial charge in [0.25, 0.3) is 0 Å². The van der Waals surface area contributed by atoms with Crippen LogP contribution in [0.3, 0.4) is 0 Å². The topological polar surface area (TPSA) is 65.1 Å². The van der Waals surface area contributed by atoms with Gasteiger partial charge in [0.05, 0.1) is 12.1 Å². The number of benzene rings is 1. The van der Waals surface area contributed by atoms with Gasteiger partial charge in [-0.15, -0.1) is 0 Å². The summed E-state index contributed by atoms with van der Waals surface area (Å²) in [5.74, 6) is 0.0312. The van der Waals surface area contributed by atoms with Gasteiger partial charge in [0.1, 0.15) is 12.6 Å². The smallest absolute Gasteiger partial charge is 0.366 e. The number of carbonyl (C=O) groups is 2. The molecule has 7 nitrogen and oxygen atoms in total. The summed E-state index contributed by atoms with van der Waals surface area (Å²) < 4.78 is 45.3. The monoisotopic (exact) mass is 452 g/mol. The largest absolute Gasteiger partial charge is 0.408 e. The maximum absolute atomic E-state index is 13.2. The summed E-state index contributed by atoms with van der Waals surface area (Å²) in [5, 5.41) is 2.90. The molecule has 0 saturated carbocycles. The van der Waals surface area contributed by atoms with Crippen LogP contribution in [0, 0.1) is 0 Å². The van der Waals surface area contributed by atoms with Crippen LogP contribution in [-0.2, 0) is 9.53 Å². The number of ether oxygens (including phenoxy) is 1. The quantitative estimate of drug-likeness (QED) is 0.748. The number of hydrogen-bond donors (Lipinski definition) is 1. The molecule has 4 aliphatic rings. The Bertz CT molecular complexity index is 872. The third-order valence-electron chi connectivity index (χ3n) is 7.07. The minimum atomic E-state index is -4.22. The average molecular weight is 452 g/mol. The molecule has 0 aliphatic carbocycles. The highest BCUT2D eigenvalue weighted by atomic mass is 19.4. The lowest BCUT2D eigenvalue weighted by Gasteiger charge is -2.46. The highest BCUT2D eigenvalue weighted by Gasteiger charge is 2.46. The van der Waals surface area contributed by atoms with Gasteiger partial charge in [-0.2, -0.15) is 13.2 Å². The molecule has 174 valence electrons. The number of morpholine rings is 1. The Morgan fingerprint density at radius 1 is 1.03 bits per heavy atom. The third kappa shape index (κ3) is 4.00. The van der Waals surface area contributed by atoms with Crippen molar-refractivity contribution in [1.82, 2.24) is 15.1 Å². The van der Waals surface area contributed by atoms with Gasteiger partial charge in [-0.3, -0.25) is 4.79 Å². The number of carbonyl (C=O) groups excluding carboxylic acids is 2. The maximum atomic E-state index is 13.2. The van der Waals surface area contributed by atoms with Gasteiger partial charge in [-0.25, -0.2) is 4.79 Å². The number of nitrogens with zero attached hydrogens (tertiary/aromatic N) is 3. The van der Waals surface area contributed by atoms with Gasteiger partial charge >= 0.3 is 12.2 Å². The average Bonchev–Trinajstić information content (AvgIpc) is 3.23. The van der Waals surface area contributed by atoms with Gasteiger partial charge in [-0.05, 0) is 37.0 Å². The van der Waals surface area contributed by atoms with Crippen molar-refractivity contribution in [1.29, 1.82) is 0 Å². The molecule has 1 aromatic rings. The summed E-state index contributed by atoms with van der Waals surface area (Å²) in [7, 11) is 0. The Morgan fingerprint density at radius 2 is 1.78 bits per heavy atom. The zero-order chi connectivity index (χ0) is 22.5. The molecule has 5 rings (SSSR count). The number of anilines is 1. The molecule has 1 N–H and O–H groups in total. The highest BCUT2D eigenvalue weighted by molar-refractivity contribution is 5.79. The van der Waals surface area contributed by atoms with Crippen molar-refractivity contribution in [3.05, 3.63) is 29.8 Å². The standard InChI is InChI=1S/C22H27F3N4O3/c23-22(24,25)19-2-1-8-29(19)16-5-3-14(4-6-16)15-10-28(11-15)21(31)27-9-7-18-17(12-27)26-20(30)13-32-18/h3-6,15,17-19H,1-2,7-13H2,(H,26,30)/t17-,18+,19-/m1/s1. The molecule has 1 aromatic carbocycles. The number of fused-ring (bicyclic) bond motifs is 1. The van der Waals surface area contributed by atoms with E-state index in [2.05, 4.69) is 5.32 Å². The van der Waals surface area contributed by atoms with Crippen molar-refractivity contribution in [2.45, 2.75) is 49.5 Å². The van der Waals surface area contributed by atoms with E-state index in [1.54, 1.807) is 21.9 Å². The number of urea groups is 1. The van der Waals surface area contributed by atoms with Crippen molar-refractivity contribution < 1.29 is 27.5 Å². The summed E-state index contributed by atoms with van der Waals surface area (Å²) >= 11 is 0. The molecule has 4 heterocycles. The Balaban J connectivity index is 1.15. The third-order valence-corrected chi connectivity index (χ3v) is 7.07. The zero-order valence-corrected chi connectivity index (χ0v) is 17.7. The number of rotatable bonds is 2. The lowest BCUT2D eigenvalue weighted by molar-refractivity contribution is -0.146. The Hall–Kier alpha value is -2.49. The van der Waals surface area contributed by atoms with Crippen molar-refractivity contribution in [3.8, 4) is 0 Å². The molecule has 0 aromatic heterocycles. The molecule has 0 spiro atoms. The fourth-order valence-corrected chi connectivity index (χ4v) is 5.27. The molecule has 3 amide bonds. The van der Waals surface area contributed by atoms with E-state index < -0.39 is 12.2 Å². The lowest BCUT2D eigenvalue weighted by Crippen LogP contribution is -2.63. The van der Waals surface area contributed by atoms with E-state index in [-0.39, 0.29) is 43.0 Å². The predicted octanol–water partition coefficient (Wildman–Crippen LogP) is 2.33. The molecule has 3 atom stereocenters. The first kappa shape index (κ1) is 21.4. The molecule has 0 radical (unpaired) electrons. The molecular weight excluding hydrogens is 425 g/mol. The lowest BCUT2D eigenvalue weighted by atomic mass is 9.91. The van der Waals surface area contributed by atoms with Gasteiger partial charge < -0.3 is 24.8 Å². The number of piperidine rings is 1. The van der Waals surface area contributed by atoms with Crippen LogP contribution >= 0.6 is 0 Å². The SMILES string of the molecule is O=C1CO[C@H]2CCN(C(=O)N3CC(c4ccc(N5CCC[C@@H]5C(F)(F)F)cc4)C3)C[C@H]2N1. The molecular formula is C22H27F3N4O3. The summed E-state index contributed by atoms with van der Waals surface area (Å²) in [6.07, 6.45) is -2.87. The summed E-state index contributed by atoms with van der Waals surface area (Å²) in [6.45, 7) is 2.71. The first-order chi connectivity index (χ1) is 15.3. The minimum absolute atomic E-state index is 0.0352. The van der Waals surface area contributed by atoms with Crippen molar-refractivity contribution in [3.63, 3.8) is 0 Å². The highest BCUT2D eigenvalue weighted by Crippen LogP contribution is 2.37. The molecule has 4 saturated heterocycles. The molecule has 0 unspecified atom stereocenters. The van der Waals surface area contributed by atoms with Crippen LogP contribution in [0.15, 0.2) is 24.3 Å². The normalized spacial score (nSPS) is 28.9. The molecule has 4 fully saturated rings. The number of nitrogens with one attached hydrogen (secondary N) is 1. The van der Waals surface area contributed by atoms with Gasteiger partial charge in [-0.1, -0.05) is 12.1 Å². The van der Waals surface area contributed by atoms with E-state index in [9.17, 15) is 22.8 Å². The predicted molar refractivity (Wildman–Crippen MR) is 110 cm³/mol. The van der Waals surface area contributed by atoms with Gasteiger partial charge in [0.15, 0.2) is 0 Å². The van der Waals surface area contributed by atoms with E-state index in [4.69, 9.17) is 4.74 Å².